The zero-order valence-electron chi connectivity index (χ0n) is 6.69. The average Bonchev–Trinajstić information content (AvgIpc) is 2.16. The van der Waals surface area contributed by atoms with Crippen LogP contribution in [-0.4, -0.2) is 4.69 Å². The lowest BCUT2D eigenvalue weighted by atomic mass is 10.1. The molecule has 0 radical (unpaired) electrons. The fourth-order valence-electron chi connectivity index (χ4n) is 1.03. The van der Waals surface area contributed by atoms with E-state index < -0.39 is 0 Å². The molecule has 4 heteroatoms. The molecule has 0 aliphatic rings. The molecule has 0 aliphatic heterocycles. The van der Waals surface area contributed by atoms with Gasteiger partial charge in [0.05, 0.1) is 0 Å². The summed E-state index contributed by atoms with van der Waals surface area (Å²) in [5, 5.41) is 1.53. The van der Waals surface area contributed by atoms with Crippen molar-refractivity contribution >= 4 is 52.5 Å². The van der Waals surface area contributed by atoms with E-state index in [1.807, 2.05) is 12.1 Å². The Kier molecular flexibility index (Phi) is 4.62. The minimum absolute atomic E-state index is 0.0718. The van der Waals surface area contributed by atoms with E-state index in [1.165, 1.54) is 0 Å². The summed E-state index contributed by atoms with van der Waals surface area (Å²) in [6.45, 7) is 0. The summed E-state index contributed by atoms with van der Waals surface area (Å²) in [7, 11) is 0. The SMILES string of the molecule is O=C(Br)c1cc(CBr)cc(CBr)c1. The van der Waals surface area contributed by atoms with Gasteiger partial charge in [0.15, 0.2) is 0 Å². The van der Waals surface area contributed by atoms with Gasteiger partial charge in [-0.05, 0) is 39.2 Å². The third-order valence-electron chi connectivity index (χ3n) is 1.59. The second-order valence-electron chi connectivity index (χ2n) is 2.58. The number of rotatable bonds is 3. The number of hydrogen-bond donors (Lipinski definition) is 0. The minimum atomic E-state index is -0.0718. The lowest BCUT2D eigenvalue weighted by Crippen LogP contribution is -1.92. The first kappa shape index (κ1) is 11.4. The number of alkyl halides is 2. The molecular weight excluding hydrogens is 364 g/mol. The zero-order chi connectivity index (χ0) is 9.84. The fraction of sp³-hybridized carbons (Fsp3) is 0.222. The van der Waals surface area contributed by atoms with Crippen molar-refractivity contribution in [2.45, 2.75) is 10.7 Å². The van der Waals surface area contributed by atoms with Crippen LogP contribution in [0.15, 0.2) is 18.2 Å². The van der Waals surface area contributed by atoms with Crippen LogP contribution in [0, 0.1) is 0 Å². The van der Waals surface area contributed by atoms with Crippen molar-refractivity contribution in [1.29, 1.82) is 0 Å². The Balaban J connectivity index is 3.14. The molecule has 0 aliphatic carbocycles. The number of carbonyl (C=O) groups is 1. The first-order valence-corrected chi connectivity index (χ1v) is 6.65. The summed E-state index contributed by atoms with van der Waals surface area (Å²) in [6, 6.07) is 5.80. The van der Waals surface area contributed by atoms with Crippen molar-refractivity contribution in [3.05, 3.63) is 34.9 Å². The third kappa shape index (κ3) is 3.18. The van der Waals surface area contributed by atoms with Crippen molar-refractivity contribution in [3.63, 3.8) is 0 Å². The molecule has 0 fully saturated rings. The van der Waals surface area contributed by atoms with E-state index in [0.29, 0.717) is 5.56 Å². The molecule has 1 rings (SSSR count). The molecule has 0 N–H and O–H groups in total. The van der Waals surface area contributed by atoms with Crippen LogP contribution in [0.5, 0.6) is 0 Å². The minimum Gasteiger partial charge on any atom is -0.281 e. The van der Waals surface area contributed by atoms with Gasteiger partial charge in [0.2, 0.25) is 4.69 Å². The number of benzene rings is 1. The molecule has 70 valence electrons. The molecule has 0 bridgehead atoms. The molecule has 0 aromatic heterocycles. The standard InChI is InChI=1S/C9H7Br3O/c10-4-6-1-7(5-11)3-8(2-6)9(12)13/h1-3H,4-5H2. The number of halogens is 3. The molecule has 13 heavy (non-hydrogen) atoms. The molecule has 0 spiro atoms. The smallest absolute Gasteiger partial charge is 0.228 e. The second kappa shape index (κ2) is 5.27. The Labute approximate surface area is 102 Å². The quantitative estimate of drug-likeness (QED) is 0.580. The van der Waals surface area contributed by atoms with Crippen molar-refractivity contribution in [2.24, 2.45) is 0 Å². The van der Waals surface area contributed by atoms with Gasteiger partial charge < -0.3 is 0 Å². The summed E-state index contributed by atoms with van der Waals surface area (Å²) < 4.78 is -0.0718. The zero-order valence-corrected chi connectivity index (χ0v) is 11.4. The van der Waals surface area contributed by atoms with Crippen LogP contribution in [0.4, 0.5) is 0 Å². The highest BCUT2D eigenvalue weighted by molar-refractivity contribution is 9.18. The van der Waals surface area contributed by atoms with Gasteiger partial charge in [0, 0.05) is 16.2 Å². The van der Waals surface area contributed by atoms with Crippen LogP contribution in [0.3, 0.4) is 0 Å². The van der Waals surface area contributed by atoms with Gasteiger partial charge in [-0.15, -0.1) is 0 Å². The predicted octanol–water partition coefficient (Wildman–Crippen LogP) is 4.01. The van der Waals surface area contributed by atoms with Crippen LogP contribution in [0.1, 0.15) is 21.5 Å². The highest BCUT2D eigenvalue weighted by atomic mass is 79.9. The van der Waals surface area contributed by atoms with Gasteiger partial charge in [-0.1, -0.05) is 37.9 Å². The molecule has 0 atom stereocenters. The molecule has 0 amide bonds. The third-order valence-corrected chi connectivity index (χ3v) is 3.34. The van der Waals surface area contributed by atoms with E-state index in [4.69, 9.17) is 0 Å². The van der Waals surface area contributed by atoms with E-state index in [1.54, 1.807) is 0 Å². The molecule has 1 aromatic carbocycles. The molecule has 0 heterocycles. The van der Waals surface area contributed by atoms with Gasteiger partial charge in [-0.2, -0.15) is 0 Å². The molecule has 0 saturated carbocycles. The Morgan fingerprint density at radius 3 is 1.85 bits per heavy atom. The Hall–Kier alpha value is 0.330. The van der Waals surface area contributed by atoms with E-state index in [9.17, 15) is 4.79 Å². The van der Waals surface area contributed by atoms with E-state index in [2.05, 4.69) is 53.9 Å². The predicted molar refractivity (Wildman–Crippen MR) is 65.0 cm³/mol. The largest absolute Gasteiger partial charge is 0.281 e. The summed E-state index contributed by atoms with van der Waals surface area (Å²) in [6.07, 6.45) is 0. The van der Waals surface area contributed by atoms with E-state index in [0.717, 1.165) is 21.8 Å². The van der Waals surface area contributed by atoms with Crippen LogP contribution in [0.25, 0.3) is 0 Å². The average molecular weight is 371 g/mol. The maximum absolute atomic E-state index is 11.1. The van der Waals surface area contributed by atoms with Crippen molar-refractivity contribution in [1.82, 2.24) is 0 Å². The molecule has 1 aromatic rings. The van der Waals surface area contributed by atoms with E-state index >= 15 is 0 Å². The highest BCUT2D eigenvalue weighted by Gasteiger charge is 2.04. The van der Waals surface area contributed by atoms with Crippen LogP contribution in [-0.2, 0) is 10.7 Å². The maximum Gasteiger partial charge on any atom is 0.228 e. The maximum atomic E-state index is 11.1. The summed E-state index contributed by atoms with van der Waals surface area (Å²) in [5.41, 5.74) is 2.92. The van der Waals surface area contributed by atoms with E-state index in [-0.39, 0.29) is 4.69 Å². The number of hydrogen-bond acceptors (Lipinski definition) is 1. The summed E-state index contributed by atoms with van der Waals surface area (Å²) in [4.78, 5) is 11.1. The van der Waals surface area contributed by atoms with Crippen LogP contribution < -0.4 is 0 Å². The van der Waals surface area contributed by atoms with Crippen molar-refractivity contribution in [2.75, 3.05) is 0 Å². The Bertz CT molecular complexity index is 300. The first-order valence-electron chi connectivity index (χ1n) is 3.62. The van der Waals surface area contributed by atoms with Gasteiger partial charge >= 0.3 is 0 Å². The molecule has 0 unspecified atom stereocenters. The number of carbonyl (C=O) groups excluding carboxylic acids is 1. The van der Waals surface area contributed by atoms with Gasteiger partial charge in [0.25, 0.3) is 0 Å². The molecular formula is C9H7Br3O. The van der Waals surface area contributed by atoms with Gasteiger partial charge in [-0.25, -0.2) is 0 Å². The lowest BCUT2D eigenvalue weighted by molar-refractivity contribution is 0.109. The van der Waals surface area contributed by atoms with Gasteiger partial charge in [0.1, 0.15) is 0 Å². The monoisotopic (exact) mass is 368 g/mol. The first-order chi connectivity index (χ1) is 6.17. The van der Waals surface area contributed by atoms with Crippen LogP contribution >= 0.6 is 47.8 Å². The Morgan fingerprint density at radius 2 is 1.54 bits per heavy atom. The summed E-state index contributed by atoms with van der Waals surface area (Å²) in [5.74, 6) is 0. The summed E-state index contributed by atoms with van der Waals surface area (Å²) >= 11 is 9.66. The normalized spacial score (nSPS) is 10.1. The van der Waals surface area contributed by atoms with Crippen molar-refractivity contribution in [3.8, 4) is 0 Å². The molecule has 1 nitrogen and oxygen atoms in total. The van der Waals surface area contributed by atoms with Crippen LogP contribution in [0.2, 0.25) is 0 Å². The fourth-order valence-corrected chi connectivity index (χ4v) is 1.91. The second-order valence-corrected chi connectivity index (χ2v) is 4.42. The van der Waals surface area contributed by atoms with Crippen molar-refractivity contribution < 1.29 is 4.79 Å². The lowest BCUT2D eigenvalue weighted by Gasteiger charge is -2.02. The topological polar surface area (TPSA) is 17.1 Å². The Morgan fingerprint density at radius 1 is 1.08 bits per heavy atom. The highest BCUT2D eigenvalue weighted by Crippen LogP contribution is 2.17. The van der Waals surface area contributed by atoms with Gasteiger partial charge in [-0.3, -0.25) is 4.79 Å². The molecule has 0 saturated heterocycles.